The topological polar surface area (TPSA) is 55.3 Å². The van der Waals surface area contributed by atoms with Gasteiger partial charge in [-0.3, -0.25) is 0 Å². The summed E-state index contributed by atoms with van der Waals surface area (Å²) in [6.45, 7) is 1.13. The van der Waals surface area contributed by atoms with Crippen LogP contribution in [0.5, 0.6) is 0 Å². The molecule has 0 atom stereocenters. The van der Waals surface area contributed by atoms with Crippen LogP contribution in [0, 0.1) is 0 Å². The number of anilines is 1. The van der Waals surface area contributed by atoms with E-state index in [-0.39, 0.29) is 0 Å². The lowest BCUT2D eigenvalue weighted by Crippen LogP contribution is -2.11. The molecule has 72 valence electrons. The predicted octanol–water partition coefficient (Wildman–Crippen LogP) is 0.670. The van der Waals surface area contributed by atoms with Gasteiger partial charge in [0.2, 0.25) is 0 Å². The fraction of sp³-hybridized carbons (Fsp3) is 0.400. The van der Waals surface area contributed by atoms with Crippen molar-refractivity contribution in [2.24, 2.45) is 11.5 Å². The molecule has 0 aliphatic rings. The van der Waals surface area contributed by atoms with Crippen molar-refractivity contribution >= 4 is 5.69 Å². The highest BCUT2D eigenvalue weighted by Gasteiger charge is 2.00. The average molecular weight is 179 g/mol. The number of hydrogen-bond donors (Lipinski definition) is 2. The average Bonchev–Trinajstić information content (AvgIpc) is 2.16. The van der Waals surface area contributed by atoms with E-state index in [4.69, 9.17) is 11.5 Å². The zero-order valence-electron chi connectivity index (χ0n) is 8.25. The molecule has 1 rings (SSSR count). The summed E-state index contributed by atoms with van der Waals surface area (Å²) < 4.78 is 0. The summed E-state index contributed by atoms with van der Waals surface area (Å²) in [6.07, 6.45) is 0. The molecule has 0 radical (unpaired) electrons. The molecule has 1 aromatic carbocycles. The van der Waals surface area contributed by atoms with Crippen molar-refractivity contribution in [2.45, 2.75) is 13.1 Å². The maximum Gasteiger partial charge on any atom is 0.0367 e. The highest BCUT2D eigenvalue weighted by molar-refractivity contribution is 5.50. The minimum absolute atomic E-state index is 0.564. The largest absolute Gasteiger partial charge is 0.378 e. The van der Waals surface area contributed by atoms with E-state index < -0.39 is 0 Å². The van der Waals surface area contributed by atoms with Crippen molar-refractivity contribution in [1.29, 1.82) is 0 Å². The van der Waals surface area contributed by atoms with Crippen molar-refractivity contribution in [3.8, 4) is 0 Å². The van der Waals surface area contributed by atoms with Crippen molar-refractivity contribution in [1.82, 2.24) is 0 Å². The van der Waals surface area contributed by atoms with Crippen LogP contribution in [0.4, 0.5) is 5.69 Å². The van der Waals surface area contributed by atoms with E-state index in [0.717, 1.165) is 16.8 Å². The summed E-state index contributed by atoms with van der Waals surface area (Å²) in [5.41, 5.74) is 14.6. The van der Waals surface area contributed by atoms with Crippen LogP contribution in [0.3, 0.4) is 0 Å². The van der Waals surface area contributed by atoms with Crippen LogP contribution in [0.15, 0.2) is 18.2 Å². The van der Waals surface area contributed by atoms with Crippen LogP contribution in [0.1, 0.15) is 11.1 Å². The Morgan fingerprint density at radius 1 is 1.00 bits per heavy atom. The highest BCUT2D eigenvalue weighted by Crippen LogP contribution is 2.16. The lowest BCUT2D eigenvalue weighted by atomic mass is 10.1. The molecule has 13 heavy (non-hydrogen) atoms. The SMILES string of the molecule is CN(C)c1cc(CN)cc(CN)c1. The standard InChI is InChI=1S/C10H17N3/c1-13(2)10-4-8(6-11)3-9(5-10)7-12/h3-5H,6-7,11-12H2,1-2H3. The van der Waals surface area contributed by atoms with Crippen molar-refractivity contribution in [3.63, 3.8) is 0 Å². The molecule has 3 heteroatoms. The van der Waals surface area contributed by atoms with Gasteiger partial charge in [-0.1, -0.05) is 6.07 Å². The van der Waals surface area contributed by atoms with Crippen molar-refractivity contribution < 1.29 is 0 Å². The number of hydrogen-bond acceptors (Lipinski definition) is 3. The quantitative estimate of drug-likeness (QED) is 0.717. The molecule has 0 fully saturated rings. The van der Waals surface area contributed by atoms with E-state index >= 15 is 0 Å². The molecule has 0 saturated carbocycles. The highest BCUT2D eigenvalue weighted by atomic mass is 15.1. The van der Waals surface area contributed by atoms with Gasteiger partial charge in [-0.2, -0.15) is 0 Å². The Morgan fingerprint density at radius 3 is 1.77 bits per heavy atom. The fourth-order valence-electron chi connectivity index (χ4n) is 1.24. The maximum absolute atomic E-state index is 5.58. The van der Waals surface area contributed by atoms with Gasteiger partial charge in [-0.25, -0.2) is 0 Å². The van der Waals surface area contributed by atoms with E-state index in [2.05, 4.69) is 17.0 Å². The molecule has 0 aromatic heterocycles. The zero-order chi connectivity index (χ0) is 9.84. The summed E-state index contributed by atoms with van der Waals surface area (Å²) in [5.74, 6) is 0. The van der Waals surface area contributed by atoms with Crippen LogP contribution in [0.25, 0.3) is 0 Å². The second-order valence-electron chi connectivity index (χ2n) is 3.31. The zero-order valence-corrected chi connectivity index (χ0v) is 8.25. The van der Waals surface area contributed by atoms with Crippen LogP contribution >= 0.6 is 0 Å². The van der Waals surface area contributed by atoms with Gasteiger partial charge < -0.3 is 16.4 Å². The normalized spacial score (nSPS) is 10.2. The minimum atomic E-state index is 0.564. The number of rotatable bonds is 3. The lowest BCUT2D eigenvalue weighted by molar-refractivity contribution is 1.01. The van der Waals surface area contributed by atoms with E-state index in [1.807, 2.05) is 20.2 Å². The van der Waals surface area contributed by atoms with Gasteiger partial charge in [-0.05, 0) is 23.3 Å². The first kappa shape index (κ1) is 10.0. The van der Waals surface area contributed by atoms with Gasteiger partial charge >= 0.3 is 0 Å². The van der Waals surface area contributed by atoms with E-state index in [9.17, 15) is 0 Å². The Labute approximate surface area is 79.3 Å². The molecular formula is C10H17N3. The number of nitrogens with zero attached hydrogens (tertiary/aromatic N) is 1. The Kier molecular flexibility index (Phi) is 3.28. The fourth-order valence-corrected chi connectivity index (χ4v) is 1.24. The summed E-state index contributed by atoms with van der Waals surface area (Å²) in [6, 6.07) is 6.21. The summed E-state index contributed by atoms with van der Waals surface area (Å²) >= 11 is 0. The van der Waals surface area contributed by atoms with E-state index in [1.54, 1.807) is 0 Å². The Morgan fingerprint density at radius 2 is 1.46 bits per heavy atom. The molecule has 0 aliphatic heterocycles. The molecular weight excluding hydrogens is 162 g/mol. The van der Waals surface area contributed by atoms with Gasteiger partial charge in [-0.15, -0.1) is 0 Å². The number of nitrogens with two attached hydrogens (primary N) is 2. The molecule has 3 nitrogen and oxygen atoms in total. The first-order valence-electron chi connectivity index (χ1n) is 4.37. The van der Waals surface area contributed by atoms with Gasteiger partial charge in [0.15, 0.2) is 0 Å². The smallest absolute Gasteiger partial charge is 0.0367 e. The molecule has 0 aliphatic carbocycles. The van der Waals surface area contributed by atoms with E-state index in [1.165, 1.54) is 0 Å². The van der Waals surface area contributed by atoms with Gasteiger partial charge in [0.25, 0.3) is 0 Å². The Bertz CT molecular complexity index is 259. The van der Waals surface area contributed by atoms with Gasteiger partial charge in [0, 0.05) is 32.9 Å². The first-order valence-corrected chi connectivity index (χ1v) is 4.37. The van der Waals surface area contributed by atoms with Gasteiger partial charge in [0.1, 0.15) is 0 Å². The molecule has 0 bridgehead atoms. The molecule has 0 unspecified atom stereocenters. The van der Waals surface area contributed by atoms with Crippen molar-refractivity contribution in [3.05, 3.63) is 29.3 Å². The first-order chi connectivity index (χ1) is 6.17. The molecule has 0 spiro atoms. The van der Waals surface area contributed by atoms with Crippen LogP contribution in [0.2, 0.25) is 0 Å². The van der Waals surface area contributed by atoms with Crippen LogP contribution < -0.4 is 16.4 Å². The molecule has 0 heterocycles. The molecule has 0 amide bonds. The van der Waals surface area contributed by atoms with Crippen LogP contribution in [-0.4, -0.2) is 14.1 Å². The Balaban J connectivity index is 3.07. The second-order valence-corrected chi connectivity index (χ2v) is 3.31. The molecule has 0 saturated heterocycles. The summed E-state index contributed by atoms with van der Waals surface area (Å²) in [4.78, 5) is 2.05. The third kappa shape index (κ3) is 2.44. The molecule has 1 aromatic rings. The number of benzene rings is 1. The molecule has 4 N–H and O–H groups in total. The lowest BCUT2D eigenvalue weighted by Gasteiger charge is -2.15. The maximum atomic E-state index is 5.58. The third-order valence-electron chi connectivity index (χ3n) is 2.03. The summed E-state index contributed by atoms with van der Waals surface area (Å²) in [7, 11) is 4.02. The van der Waals surface area contributed by atoms with Crippen LogP contribution in [-0.2, 0) is 13.1 Å². The van der Waals surface area contributed by atoms with Crippen molar-refractivity contribution in [2.75, 3.05) is 19.0 Å². The van der Waals surface area contributed by atoms with E-state index in [0.29, 0.717) is 13.1 Å². The second kappa shape index (κ2) is 4.25. The Hall–Kier alpha value is -1.06. The monoisotopic (exact) mass is 179 g/mol. The third-order valence-corrected chi connectivity index (χ3v) is 2.03. The summed E-state index contributed by atoms with van der Waals surface area (Å²) in [5, 5.41) is 0. The predicted molar refractivity (Wildman–Crippen MR) is 56.6 cm³/mol. The van der Waals surface area contributed by atoms with Gasteiger partial charge in [0.05, 0.1) is 0 Å². The minimum Gasteiger partial charge on any atom is -0.378 e.